The lowest BCUT2D eigenvalue weighted by Crippen LogP contribution is -2.37. The molecule has 1 aromatic rings. The van der Waals surface area contributed by atoms with Gasteiger partial charge in [0.25, 0.3) is 0 Å². The highest BCUT2D eigenvalue weighted by Crippen LogP contribution is 2.26. The molecule has 5 heteroatoms. The largest absolute Gasteiger partial charge is 0.375 e. The first-order valence-electron chi connectivity index (χ1n) is 5.29. The summed E-state index contributed by atoms with van der Waals surface area (Å²) in [5.41, 5.74) is 0.630. The summed E-state index contributed by atoms with van der Waals surface area (Å²) in [6.07, 6.45) is 2.88. The van der Waals surface area contributed by atoms with Gasteiger partial charge in [-0.15, -0.1) is 0 Å². The summed E-state index contributed by atoms with van der Waals surface area (Å²) in [5.74, 6) is 1.64. The van der Waals surface area contributed by atoms with E-state index in [4.69, 9.17) is 4.74 Å². The molecule has 1 aromatic heterocycles. The van der Waals surface area contributed by atoms with Gasteiger partial charge in [0.15, 0.2) is 0 Å². The lowest BCUT2D eigenvalue weighted by molar-refractivity contribution is 0.0479. The van der Waals surface area contributed by atoms with Crippen molar-refractivity contribution >= 4 is 11.8 Å². The summed E-state index contributed by atoms with van der Waals surface area (Å²) < 4.78 is 19.3. The maximum absolute atomic E-state index is 13.6. The first kappa shape index (κ1) is 11.8. The number of hydrogen-bond donors (Lipinski definition) is 1. The Morgan fingerprint density at radius 2 is 2.56 bits per heavy atom. The van der Waals surface area contributed by atoms with E-state index in [1.54, 1.807) is 12.3 Å². The molecule has 1 fully saturated rings. The molecule has 16 heavy (non-hydrogen) atoms. The van der Waals surface area contributed by atoms with E-state index < -0.39 is 0 Å². The maximum Gasteiger partial charge on any atom is 0.146 e. The van der Waals surface area contributed by atoms with E-state index in [2.05, 4.69) is 10.3 Å². The van der Waals surface area contributed by atoms with Gasteiger partial charge in [0.05, 0.1) is 24.9 Å². The molecule has 2 unspecified atom stereocenters. The third kappa shape index (κ3) is 2.53. The van der Waals surface area contributed by atoms with Crippen LogP contribution in [0.4, 0.5) is 4.39 Å². The van der Waals surface area contributed by atoms with Crippen LogP contribution in [0.15, 0.2) is 18.5 Å². The number of pyridine rings is 1. The zero-order valence-corrected chi connectivity index (χ0v) is 9.97. The van der Waals surface area contributed by atoms with Crippen LogP contribution >= 0.6 is 11.8 Å². The molecular formula is C11H15FN2OS. The molecule has 2 atom stereocenters. The lowest BCUT2D eigenvalue weighted by Gasteiger charge is -2.30. The molecule has 1 N–H and O–H groups in total. The molecule has 2 heterocycles. The van der Waals surface area contributed by atoms with Gasteiger partial charge in [-0.2, -0.15) is 11.8 Å². The molecule has 0 spiro atoms. The van der Waals surface area contributed by atoms with E-state index in [1.807, 2.05) is 18.8 Å². The van der Waals surface area contributed by atoms with Crippen molar-refractivity contribution in [2.24, 2.45) is 0 Å². The second-order valence-electron chi connectivity index (χ2n) is 3.65. The second kappa shape index (κ2) is 5.61. The minimum absolute atomic E-state index is 0.0284. The quantitative estimate of drug-likeness (QED) is 0.873. The van der Waals surface area contributed by atoms with Crippen molar-refractivity contribution < 1.29 is 9.13 Å². The fraction of sp³-hybridized carbons (Fsp3) is 0.545. The van der Waals surface area contributed by atoms with Crippen LogP contribution in [0.5, 0.6) is 0 Å². The van der Waals surface area contributed by atoms with Gasteiger partial charge in [0, 0.05) is 23.3 Å². The Balaban J connectivity index is 2.18. The highest BCUT2D eigenvalue weighted by Gasteiger charge is 2.26. The molecule has 2 rings (SSSR count). The number of hydrogen-bond acceptors (Lipinski definition) is 4. The Kier molecular flexibility index (Phi) is 4.15. The first-order chi connectivity index (χ1) is 7.83. The van der Waals surface area contributed by atoms with E-state index in [0.29, 0.717) is 5.56 Å². The third-order valence-corrected chi connectivity index (χ3v) is 3.68. The van der Waals surface area contributed by atoms with Gasteiger partial charge < -0.3 is 10.1 Å². The van der Waals surface area contributed by atoms with Gasteiger partial charge in [0.1, 0.15) is 5.82 Å². The maximum atomic E-state index is 13.6. The molecule has 0 aromatic carbocycles. The minimum Gasteiger partial charge on any atom is -0.375 e. The Hall–Kier alpha value is -0.650. The molecule has 88 valence electrons. The summed E-state index contributed by atoms with van der Waals surface area (Å²) in [7, 11) is 1.83. The summed E-state index contributed by atoms with van der Waals surface area (Å²) >= 11 is 1.84. The van der Waals surface area contributed by atoms with Crippen molar-refractivity contribution in [1.82, 2.24) is 10.3 Å². The van der Waals surface area contributed by atoms with Crippen LogP contribution in [0.3, 0.4) is 0 Å². The highest BCUT2D eigenvalue weighted by atomic mass is 32.2. The Morgan fingerprint density at radius 1 is 1.69 bits per heavy atom. The monoisotopic (exact) mass is 242 g/mol. The average molecular weight is 242 g/mol. The van der Waals surface area contributed by atoms with Crippen LogP contribution in [-0.4, -0.2) is 36.2 Å². The van der Waals surface area contributed by atoms with Crippen molar-refractivity contribution in [2.45, 2.75) is 12.1 Å². The van der Waals surface area contributed by atoms with Gasteiger partial charge in [-0.05, 0) is 13.1 Å². The number of halogens is 1. The summed E-state index contributed by atoms with van der Waals surface area (Å²) in [6, 6.07) is 1.61. The van der Waals surface area contributed by atoms with Crippen LogP contribution in [0, 0.1) is 5.82 Å². The molecule has 0 aliphatic carbocycles. The van der Waals surface area contributed by atoms with E-state index in [0.717, 1.165) is 18.1 Å². The number of nitrogens with one attached hydrogen (secondary N) is 1. The smallest absolute Gasteiger partial charge is 0.146 e. The van der Waals surface area contributed by atoms with Crippen LogP contribution in [0.1, 0.15) is 11.6 Å². The van der Waals surface area contributed by atoms with Crippen LogP contribution < -0.4 is 5.32 Å². The number of aromatic nitrogens is 1. The van der Waals surface area contributed by atoms with Crippen molar-refractivity contribution in [2.75, 3.05) is 25.2 Å². The van der Waals surface area contributed by atoms with Gasteiger partial charge in [-0.3, -0.25) is 4.98 Å². The second-order valence-corrected chi connectivity index (χ2v) is 4.80. The fourth-order valence-electron chi connectivity index (χ4n) is 1.88. The van der Waals surface area contributed by atoms with Crippen molar-refractivity contribution in [3.63, 3.8) is 0 Å². The number of thioether (sulfide) groups is 1. The number of nitrogens with zero attached hydrogens (tertiary/aromatic N) is 1. The van der Waals surface area contributed by atoms with Crippen LogP contribution in [0.2, 0.25) is 0 Å². The molecule has 0 bridgehead atoms. The topological polar surface area (TPSA) is 34.2 Å². The summed E-state index contributed by atoms with van der Waals surface area (Å²) in [4.78, 5) is 3.76. The molecule has 0 amide bonds. The number of rotatable bonds is 3. The molecule has 0 saturated carbocycles. The normalized spacial score (nSPS) is 23.0. The van der Waals surface area contributed by atoms with E-state index in [1.165, 1.54) is 6.20 Å². The fourth-order valence-corrected chi connectivity index (χ4v) is 2.78. The van der Waals surface area contributed by atoms with Crippen molar-refractivity contribution in [1.29, 1.82) is 0 Å². The van der Waals surface area contributed by atoms with Gasteiger partial charge in [0.2, 0.25) is 0 Å². The average Bonchev–Trinajstić information content (AvgIpc) is 2.34. The Labute approximate surface area is 98.8 Å². The van der Waals surface area contributed by atoms with Gasteiger partial charge in [-0.1, -0.05) is 0 Å². The first-order valence-corrected chi connectivity index (χ1v) is 6.44. The number of ether oxygens (including phenoxy) is 1. The molecule has 3 nitrogen and oxygen atoms in total. The summed E-state index contributed by atoms with van der Waals surface area (Å²) in [5, 5.41) is 3.12. The highest BCUT2D eigenvalue weighted by molar-refractivity contribution is 7.99. The van der Waals surface area contributed by atoms with Crippen LogP contribution in [0.25, 0.3) is 0 Å². The Bertz CT molecular complexity index is 345. The predicted octanol–water partition coefficient (Wildman–Crippen LogP) is 1.61. The predicted molar refractivity (Wildman–Crippen MR) is 63.1 cm³/mol. The SMILES string of the molecule is CNC(c1ccncc1F)C1CSCCO1. The minimum atomic E-state index is -0.277. The molecular weight excluding hydrogens is 227 g/mol. The zero-order chi connectivity index (χ0) is 11.4. The molecule has 0 radical (unpaired) electrons. The van der Waals surface area contributed by atoms with Crippen LogP contribution in [-0.2, 0) is 4.74 Å². The van der Waals surface area contributed by atoms with E-state index in [9.17, 15) is 4.39 Å². The van der Waals surface area contributed by atoms with E-state index in [-0.39, 0.29) is 18.0 Å². The molecule has 1 saturated heterocycles. The van der Waals surface area contributed by atoms with Crippen molar-refractivity contribution in [3.05, 3.63) is 29.8 Å². The molecule has 1 aliphatic heterocycles. The van der Waals surface area contributed by atoms with Gasteiger partial charge >= 0.3 is 0 Å². The van der Waals surface area contributed by atoms with Gasteiger partial charge in [-0.25, -0.2) is 4.39 Å². The number of likely N-dealkylation sites (N-methyl/N-ethyl adjacent to an activating group) is 1. The molecule has 1 aliphatic rings. The van der Waals surface area contributed by atoms with E-state index >= 15 is 0 Å². The zero-order valence-electron chi connectivity index (χ0n) is 9.15. The Morgan fingerprint density at radius 3 is 3.19 bits per heavy atom. The lowest BCUT2D eigenvalue weighted by atomic mass is 10.0. The van der Waals surface area contributed by atoms with Crippen molar-refractivity contribution in [3.8, 4) is 0 Å². The third-order valence-electron chi connectivity index (χ3n) is 2.66. The summed E-state index contributed by atoms with van der Waals surface area (Å²) in [6.45, 7) is 0.736. The standard InChI is InChI=1S/C11H15FN2OS/c1-13-11(10-7-16-5-4-15-10)8-2-3-14-6-9(8)12/h2-3,6,10-11,13H,4-5,7H2,1H3.